The Labute approximate surface area is 161 Å². The Morgan fingerprint density at radius 3 is 2.30 bits per heavy atom. The molecule has 146 valence electrons. The van der Waals surface area contributed by atoms with Gasteiger partial charge in [-0.3, -0.25) is 9.69 Å². The summed E-state index contributed by atoms with van der Waals surface area (Å²) in [5.74, 6) is -0.519. The van der Waals surface area contributed by atoms with Crippen LogP contribution in [-0.2, 0) is 13.1 Å². The van der Waals surface area contributed by atoms with Crippen LogP contribution in [0.5, 0.6) is 0 Å². The standard InChI is InChI=1S/C20H23F3N2OS/c1-14(2)25(3)13-16-9-5-4-8-15(16)12-24-19(26)17-10-6-7-11-18(17)27-20(21,22)23/h4-11,14H,12-13H2,1-3H3,(H,24,26). The second kappa shape index (κ2) is 9.28. The van der Waals surface area contributed by atoms with E-state index in [-0.39, 0.29) is 28.8 Å². The lowest BCUT2D eigenvalue weighted by molar-refractivity contribution is -0.0328. The number of amides is 1. The summed E-state index contributed by atoms with van der Waals surface area (Å²) in [5.41, 5.74) is -2.40. The van der Waals surface area contributed by atoms with Crippen LogP contribution in [0.3, 0.4) is 0 Å². The minimum atomic E-state index is -4.44. The lowest BCUT2D eigenvalue weighted by atomic mass is 10.1. The van der Waals surface area contributed by atoms with Crippen LogP contribution >= 0.6 is 11.8 Å². The number of hydrogen-bond donors (Lipinski definition) is 1. The zero-order valence-electron chi connectivity index (χ0n) is 15.5. The molecule has 1 amide bonds. The molecule has 0 aliphatic rings. The fourth-order valence-corrected chi connectivity index (χ4v) is 3.14. The van der Waals surface area contributed by atoms with Gasteiger partial charge in [0.25, 0.3) is 5.91 Å². The number of rotatable bonds is 7. The lowest BCUT2D eigenvalue weighted by Crippen LogP contribution is -2.28. The molecule has 0 fully saturated rings. The fourth-order valence-electron chi connectivity index (χ4n) is 2.47. The first-order valence-electron chi connectivity index (χ1n) is 8.57. The molecule has 0 bridgehead atoms. The first-order chi connectivity index (χ1) is 12.7. The van der Waals surface area contributed by atoms with Gasteiger partial charge in [0.15, 0.2) is 0 Å². The van der Waals surface area contributed by atoms with Crippen molar-refractivity contribution in [2.24, 2.45) is 0 Å². The maximum absolute atomic E-state index is 12.7. The molecule has 0 spiro atoms. The highest BCUT2D eigenvalue weighted by atomic mass is 32.2. The van der Waals surface area contributed by atoms with Gasteiger partial charge in [-0.2, -0.15) is 13.2 Å². The van der Waals surface area contributed by atoms with Crippen molar-refractivity contribution in [2.75, 3.05) is 7.05 Å². The highest BCUT2D eigenvalue weighted by Gasteiger charge is 2.31. The van der Waals surface area contributed by atoms with E-state index < -0.39 is 11.4 Å². The summed E-state index contributed by atoms with van der Waals surface area (Å²) < 4.78 is 38.1. The van der Waals surface area contributed by atoms with Crippen molar-refractivity contribution in [2.45, 2.75) is 43.4 Å². The molecule has 1 N–H and O–H groups in total. The van der Waals surface area contributed by atoms with Crippen LogP contribution in [0.15, 0.2) is 53.4 Å². The summed E-state index contributed by atoms with van der Waals surface area (Å²) in [6.07, 6.45) is 0. The van der Waals surface area contributed by atoms with Crippen LogP contribution in [0.25, 0.3) is 0 Å². The molecule has 2 rings (SSSR count). The summed E-state index contributed by atoms with van der Waals surface area (Å²) in [4.78, 5) is 14.5. The number of hydrogen-bond acceptors (Lipinski definition) is 3. The van der Waals surface area contributed by atoms with E-state index in [1.54, 1.807) is 6.07 Å². The zero-order valence-corrected chi connectivity index (χ0v) is 16.3. The molecule has 27 heavy (non-hydrogen) atoms. The van der Waals surface area contributed by atoms with Crippen molar-refractivity contribution in [1.82, 2.24) is 10.2 Å². The van der Waals surface area contributed by atoms with E-state index in [0.717, 1.165) is 17.7 Å². The zero-order chi connectivity index (χ0) is 20.0. The number of nitrogens with zero attached hydrogens (tertiary/aromatic N) is 1. The van der Waals surface area contributed by atoms with Gasteiger partial charge in [0.1, 0.15) is 0 Å². The quantitative estimate of drug-likeness (QED) is 0.664. The third-order valence-electron chi connectivity index (χ3n) is 4.22. The number of alkyl halides is 3. The predicted octanol–water partition coefficient (Wildman–Crippen LogP) is 5.07. The highest BCUT2D eigenvalue weighted by molar-refractivity contribution is 8.00. The lowest BCUT2D eigenvalue weighted by Gasteiger charge is -2.22. The average Bonchev–Trinajstić information content (AvgIpc) is 2.59. The SMILES string of the molecule is CC(C)N(C)Cc1ccccc1CNC(=O)c1ccccc1SC(F)(F)F. The molecule has 2 aromatic rings. The highest BCUT2D eigenvalue weighted by Crippen LogP contribution is 2.38. The van der Waals surface area contributed by atoms with Crippen molar-refractivity contribution in [3.8, 4) is 0 Å². The van der Waals surface area contributed by atoms with E-state index in [9.17, 15) is 18.0 Å². The topological polar surface area (TPSA) is 32.3 Å². The molecule has 0 aromatic heterocycles. The Morgan fingerprint density at radius 2 is 1.67 bits per heavy atom. The largest absolute Gasteiger partial charge is 0.446 e. The third-order valence-corrected chi connectivity index (χ3v) is 5.02. The van der Waals surface area contributed by atoms with Gasteiger partial charge in [0, 0.05) is 24.0 Å². The first kappa shape index (κ1) is 21.3. The van der Waals surface area contributed by atoms with E-state index in [4.69, 9.17) is 0 Å². The van der Waals surface area contributed by atoms with E-state index in [1.807, 2.05) is 31.3 Å². The molecule has 0 radical (unpaired) electrons. The summed E-state index contributed by atoms with van der Waals surface area (Å²) in [7, 11) is 2.02. The second-order valence-electron chi connectivity index (χ2n) is 6.50. The Balaban J connectivity index is 2.11. The third kappa shape index (κ3) is 6.59. The molecular weight excluding hydrogens is 373 g/mol. The maximum Gasteiger partial charge on any atom is 0.446 e. The molecule has 0 aliphatic carbocycles. The van der Waals surface area contributed by atoms with Gasteiger partial charge < -0.3 is 5.32 Å². The predicted molar refractivity (Wildman–Crippen MR) is 103 cm³/mol. The van der Waals surface area contributed by atoms with Gasteiger partial charge in [0.2, 0.25) is 0 Å². The van der Waals surface area contributed by atoms with Crippen molar-refractivity contribution in [3.05, 3.63) is 65.2 Å². The summed E-state index contributed by atoms with van der Waals surface area (Å²) >= 11 is -0.275. The summed E-state index contributed by atoms with van der Waals surface area (Å²) in [6, 6.07) is 13.9. The van der Waals surface area contributed by atoms with Crippen molar-refractivity contribution >= 4 is 17.7 Å². The normalized spacial score (nSPS) is 11.9. The van der Waals surface area contributed by atoms with Gasteiger partial charge in [-0.1, -0.05) is 36.4 Å². The molecule has 0 unspecified atom stereocenters. The Morgan fingerprint density at radius 1 is 1.07 bits per heavy atom. The van der Waals surface area contributed by atoms with E-state index in [0.29, 0.717) is 6.04 Å². The molecule has 0 saturated carbocycles. The fraction of sp³-hybridized carbons (Fsp3) is 0.350. The number of nitrogens with one attached hydrogen (secondary N) is 1. The molecule has 0 heterocycles. The molecule has 2 aromatic carbocycles. The number of thioether (sulfide) groups is 1. The van der Waals surface area contributed by atoms with Gasteiger partial charge in [-0.25, -0.2) is 0 Å². The van der Waals surface area contributed by atoms with Gasteiger partial charge in [0.05, 0.1) is 5.56 Å². The van der Waals surface area contributed by atoms with E-state index in [1.165, 1.54) is 18.2 Å². The monoisotopic (exact) mass is 396 g/mol. The van der Waals surface area contributed by atoms with Crippen LogP contribution in [0.1, 0.15) is 35.3 Å². The van der Waals surface area contributed by atoms with Gasteiger partial charge >= 0.3 is 5.51 Å². The first-order valence-corrected chi connectivity index (χ1v) is 9.39. The van der Waals surface area contributed by atoms with E-state index >= 15 is 0 Å². The van der Waals surface area contributed by atoms with E-state index in [2.05, 4.69) is 24.1 Å². The molecule has 0 aliphatic heterocycles. The van der Waals surface area contributed by atoms with Crippen LogP contribution < -0.4 is 5.32 Å². The van der Waals surface area contributed by atoms with Crippen molar-refractivity contribution < 1.29 is 18.0 Å². The second-order valence-corrected chi connectivity index (χ2v) is 7.61. The van der Waals surface area contributed by atoms with Crippen molar-refractivity contribution in [3.63, 3.8) is 0 Å². The Kier molecular flexibility index (Phi) is 7.33. The van der Waals surface area contributed by atoms with Crippen LogP contribution in [-0.4, -0.2) is 29.4 Å². The minimum absolute atomic E-state index is 0.0246. The van der Waals surface area contributed by atoms with Crippen LogP contribution in [0, 0.1) is 0 Å². The van der Waals surface area contributed by atoms with Crippen LogP contribution in [0.2, 0.25) is 0 Å². The maximum atomic E-state index is 12.7. The number of carbonyl (C=O) groups is 1. The van der Waals surface area contributed by atoms with Crippen molar-refractivity contribution in [1.29, 1.82) is 0 Å². The minimum Gasteiger partial charge on any atom is -0.348 e. The number of halogens is 3. The summed E-state index contributed by atoms with van der Waals surface area (Å²) in [6.45, 7) is 5.18. The Bertz CT molecular complexity index is 778. The average molecular weight is 396 g/mol. The van der Waals surface area contributed by atoms with Gasteiger partial charge in [-0.15, -0.1) is 0 Å². The number of benzene rings is 2. The molecule has 0 atom stereocenters. The number of carbonyl (C=O) groups excluding carboxylic acids is 1. The molecular formula is C20H23F3N2OS. The Hall–Kier alpha value is -1.99. The summed E-state index contributed by atoms with van der Waals surface area (Å²) in [5, 5.41) is 2.75. The molecule has 3 nitrogen and oxygen atoms in total. The van der Waals surface area contributed by atoms with Crippen LogP contribution in [0.4, 0.5) is 13.2 Å². The smallest absolute Gasteiger partial charge is 0.348 e. The molecule has 7 heteroatoms. The van der Waals surface area contributed by atoms with Gasteiger partial charge in [-0.05, 0) is 55.9 Å². The molecule has 0 saturated heterocycles.